The smallest absolute Gasteiger partial charge is 0.279 e. The fraction of sp³-hybridized carbons (Fsp3) is 0.562. The number of nitrogens with one attached hydrogen (secondary N) is 1. The van der Waals surface area contributed by atoms with Gasteiger partial charge in [-0.2, -0.15) is 9.61 Å². The third-order valence-corrected chi connectivity index (χ3v) is 4.48. The Balaban J connectivity index is 1.99. The van der Waals surface area contributed by atoms with E-state index in [2.05, 4.69) is 15.3 Å². The molecule has 0 unspecified atom stereocenters. The number of nitrogens with zero attached hydrogens (tertiary/aromatic N) is 4. The molecule has 1 aliphatic rings. The lowest BCUT2D eigenvalue weighted by Gasteiger charge is -2.26. The molecule has 0 spiro atoms. The van der Waals surface area contributed by atoms with Crippen LogP contribution in [0, 0.1) is 0 Å². The molecule has 8 nitrogen and oxygen atoms in total. The molecule has 0 aromatic carbocycles. The molecule has 130 valence electrons. The Labute approximate surface area is 140 Å². The third kappa shape index (κ3) is 2.83. The number of likely N-dealkylation sites (N-methyl/N-ethyl adjacent to an activating group) is 1. The number of ether oxygens (including phenoxy) is 1. The first-order valence-electron chi connectivity index (χ1n) is 8.08. The molecule has 1 N–H and O–H groups in total. The monoisotopic (exact) mass is 333 g/mol. The Kier molecular flexibility index (Phi) is 4.68. The Hall–Kier alpha value is -2.19. The van der Waals surface area contributed by atoms with E-state index in [9.17, 15) is 9.59 Å². The van der Waals surface area contributed by atoms with Gasteiger partial charge in [0.2, 0.25) is 0 Å². The molecule has 0 bridgehead atoms. The average Bonchev–Trinajstić information content (AvgIpc) is 3.02. The summed E-state index contributed by atoms with van der Waals surface area (Å²) in [5, 5.41) is 7.01. The van der Waals surface area contributed by atoms with Crippen molar-refractivity contribution >= 4 is 11.6 Å². The largest absolute Gasteiger partial charge is 0.385 e. The summed E-state index contributed by atoms with van der Waals surface area (Å²) >= 11 is 0. The molecule has 0 saturated carbocycles. The van der Waals surface area contributed by atoms with Gasteiger partial charge in [-0.25, -0.2) is 0 Å². The first-order valence-corrected chi connectivity index (χ1v) is 8.08. The molecular weight excluding hydrogens is 310 g/mol. The highest BCUT2D eigenvalue weighted by molar-refractivity contribution is 5.99. The van der Waals surface area contributed by atoms with Gasteiger partial charge in [-0.1, -0.05) is 0 Å². The summed E-state index contributed by atoms with van der Waals surface area (Å²) in [6.45, 7) is 2.61. The van der Waals surface area contributed by atoms with Crippen molar-refractivity contribution in [1.82, 2.24) is 24.4 Å². The first-order chi connectivity index (χ1) is 11.5. The molecule has 24 heavy (non-hydrogen) atoms. The molecule has 3 rings (SSSR count). The molecule has 8 heteroatoms. The maximum absolute atomic E-state index is 12.7. The van der Waals surface area contributed by atoms with Crippen LogP contribution in [0.15, 0.2) is 11.0 Å². The fourth-order valence-electron chi connectivity index (χ4n) is 3.19. The van der Waals surface area contributed by atoms with Gasteiger partial charge in [0, 0.05) is 52.5 Å². The van der Waals surface area contributed by atoms with E-state index in [0.29, 0.717) is 30.9 Å². The van der Waals surface area contributed by atoms with E-state index in [1.807, 2.05) is 18.7 Å². The summed E-state index contributed by atoms with van der Waals surface area (Å²) in [5.74, 6) is -0.219. The highest BCUT2D eigenvalue weighted by Gasteiger charge is 2.24. The lowest BCUT2D eigenvalue weighted by Crippen LogP contribution is -2.36. The summed E-state index contributed by atoms with van der Waals surface area (Å²) in [7, 11) is 5.51. The van der Waals surface area contributed by atoms with E-state index in [0.717, 1.165) is 30.6 Å². The number of rotatable bonds is 5. The van der Waals surface area contributed by atoms with Crippen LogP contribution in [0.3, 0.4) is 0 Å². The molecule has 2 aromatic rings. The summed E-state index contributed by atoms with van der Waals surface area (Å²) < 4.78 is 8.24. The molecule has 0 radical (unpaired) electrons. The molecule has 1 amide bonds. The number of methoxy groups -OCH3 is 1. The number of hydrogen-bond donors (Lipinski definition) is 1. The molecule has 2 aromatic heterocycles. The Bertz CT molecular complexity index is 823. The lowest BCUT2D eigenvalue weighted by molar-refractivity contribution is 0.0950. The summed E-state index contributed by atoms with van der Waals surface area (Å²) in [6.07, 6.45) is 2.99. The van der Waals surface area contributed by atoms with Crippen LogP contribution in [0.4, 0.5) is 0 Å². The predicted molar refractivity (Wildman–Crippen MR) is 89.3 cm³/mol. The minimum atomic E-state index is -0.219. The van der Waals surface area contributed by atoms with Crippen molar-refractivity contribution in [3.05, 3.63) is 33.4 Å². The van der Waals surface area contributed by atoms with Gasteiger partial charge >= 0.3 is 0 Å². The van der Waals surface area contributed by atoms with Crippen LogP contribution < -0.4 is 10.9 Å². The second-order valence-corrected chi connectivity index (χ2v) is 6.17. The SMILES string of the molecule is COCCCNC(=O)c1cnn2c(=O)c3c(n(C)c12)CCN(C)C3. The maximum Gasteiger partial charge on any atom is 0.279 e. The van der Waals surface area contributed by atoms with Crippen LogP contribution in [0.2, 0.25) is 0 Å². The van der Waals surface area contributed by atoms with Crippen molar-refractivity contribution in [2.75, 3.05) is 33.9 Å². The molecular formula is C16H23N5O3. The third-order valence-electron chi connectivity index (χ3n) is 4.48. The van der Waals surface area contributed by atoms with Gasteiger partial charge in [-0.3, -0.25) is 9.59 Å². The molecule has 3 heterocycles. The van der Waals surface area contributed by atoms with Crippen LogP contribution in [0.25, 0.3) is 5.65 Å². The quantitative estimate of drug-likeness (QED) is 0.766. The Morgan fingerprint density at radius 3 is 2.96 bits per heavy atom. The minimum Gasteiger partial charge on any atom is -0.385 e. The van der Waals surface area contributed by atoms with Crippen molar-refractivity contribution < 1.29 is 9.53 Å². The van der Waals surface area contributed by atoms with Gasteiger partial charge in [-0.15, -0.1) is 0 Å². The van der Waals surface area contributed by atoms with E-state index in [-0.39, 0.29) is 11.5 Å². The second kappa shape index (κ2) is 6.74. The average molecular weight is 333 g/mol. The predicted octanol–water partition coefficient (Wildman–Crippen LogP) is -0.213. The molecule has 0 fully saturated rings. The number of carbonyl (C=O) groups excluding carboxylic acids is 1. The minimum absolute atomic E-state index is 0.136. The number of fused-ring (bicyclic) bond motifs is 2. The fourth-order valence-corrected chi connectivity index (χ4v) is 3.19. The van der Waals surface area contributed by atoms with Crippen molar-refractivity contribution in [3.8, 4) is 0 Å². The lowest BCUT2D eigenvalue weighted by atomic mass is 10.1. The number of carbonyl (C=O) groups is 1. The van der Waals surface area contributed by atoms with Crippen molar-refractivity contribution in [1.29, 1.82) is 0 Å². The standard InChI is InChI=1S/C16H23N5O3/c1-19-7-5-13-12(10-19)16(23)21-15(20(13)2)11(9-18-21)14(22)17-6-4-8-24-3/h9H,4-8,10H2,1-3H3,(H,17,22). The first kappa shape index (κ1) is 16.7. The van der Waals surface area contributed by atoms with E-state index in [4.69, 9.17) is 4.74 Å². The van der Waals surface area contributed by atoms with Gasteiger partial charge in [-0.05, 0) is 13.5 Å². The van der Waals surface area contributed by atoms with E-state index in [1.54, 1.807) is 7.11 Å². The van der Waals surface area contributed by atoms with Crippen LogP contribution in [-0.4, -0.2) is 58.8 Å². The van der Waals surface area contributed by atoms with Crippen molar-refractivity contribution in [2.45, 2.75) is 19.4 Å². The number of hydrogen-bond acceptors (Lipinski definition) is 5. The zero-order valence-electron chi connectivity index (χ0n) is 14.3. The second-order valence-electron chi connectivity index (χ2n) is 6.17. The zero-order chi connectivity index (χ0) is 17.3. The van der Waals surface area contributed by atoms with Crippen molar-refractivity contribution in [3.63, 3.8) is 0 Å². The molecule has 0 aliphatic carbocycles. The van der Waals surface area contributed by atoms with Crippen LogP contribution >= 0.6 is 0 Å². The normalized spacial score (nSPS) is 14.8. The highest BCUT2D eigenvalue weighted by atomic mass is 16.5. The number of aryl methyl sites for hydroxylation is 1. The van der Waals surface area contributed by atoms with Gasteiger partial charge in [0.15, 0.2) is 5.65 Å². The Morgan fingerprint density at radius 1 is 1.42 bits per heavy atom. The summed E-state index contributed by atoms with van der Waals surface area (Å²) in [4.78, 5) is 27.3. The molecule has 0 saturated heterocycles. The molecule has 0 atom stereocenters. The number of aromatic nitrogens is 3. The molecule has 1 aliphatic heterocycles. The van der Waals surface area contributed by atoms with Gasteiger partial charge in [0.25, 0.3) is 11.5 Å². The van der Waals surface area contributed by atoms with E-state index in [1.165, 1.54) is 10.7 Å². The van der Waals surface area contributed by atoms with Gasteiger partial charge < -0.3 is 19.5 Å². The summed E-state index contributed by atoms with van der Waals surface area (Å²) in [5.41, 5.74) is 2.58. The topological polar surface area (TPSA) is 80.9 Å². The van der Waals surface area contributed by atoms with Crippen LogP contribution in [-0.2, 0) is 24.8 Å². The van der Waals surface area contributed by atoms with Gasteiger partial charge in [0.05, 0.1) is 11.8 Å². The Morgan fingerprint density at radius 2 is 2.21 bits per heavy atom. The van der Waals surface area contributed by atoms with Crippen molar-refractivity contribution in [2.24, 2.45) is 7.05 Å². The van der Waals surface area contributed by atoms with Gasteiger partial charge in [0.1, 0.15) is 5.56 Å². The van der Waals surface area contributed by atoms with Crippen LogP contribution in [0.5, 0.6) is 0 Å². The summed E-state index contributed by atoms with van der Waals surface area (Å²) in [6, 6.07) is 0. The highest BCUT2D eigenvalue weighted by Crippen LogP contribution is 2.18. The van der Waals surface area contributed by atoms with E-state index < -0.39 is 0 Å². The number of amides is 1. The van der Waals surface area contributed by atoms with E-state index >= 15 is 0 Å². The maximum atomic E-state index is 12.7. The zero-order valence-corrected chi connectivity index (χ0v) is 14.3. The van der Waals surface area contributed by atoms with Crippen LogP contribution in [0.1, 0.15) is 28.0 Å².